The van der Waals surface area contributed by atoms with Crippen molar-refractivity contribution in [2.75, 3.05) is 5.32 Å². The molecule has 0 unspecified atom stereocenters. The second-order valence-electron chi connectivity index (χ2n) is 5.97. The van der Waals surface area contributed by atoms with Crippen molar-refractivity contribution in [3.05, 3.63) is 51.2 Å². The largest absolute Gasteiger partial charge is 0.453 e. The van der Waals surface area contributed by atoms with E-state index in [9.17, 15) is 23.2 Å². The molecule has 1 amide bonds. The van der Waals surface area contributed by atoms with Gasteiger partial charge >= 0.3 is 5.97 Å². The maximum absolute atomic E-state index is 13.5. The first-order valence-corrected chi connectivity index (χ1v) is 9.05. The summed E-state index contributed by atoms with van der Waals surface area (Å²) in [6, 6.07) is 4.93. The van der Waals surface area contributed by atoms with Gasteiger partial charge in [0, 0.05) is 21.7 Å². The van der Waals surface area contributed by atoms with Gasteiger partial charge in [-0.3, -0.25) is 14.4 Å². The number of amides is 1. The number of nitrogens with one attached hydrogen (secondary N) is 1. The minimum atomic E-state index is -1.27. The summed E-state index contributed by atoms with van der Waals surface area (Å²) < 4.78 is 32.0. The number of anilines is 1. The van der Waals surface area contributed by atoms with Gasteiger partial charge in [0.2, 0.25) is 0 Å². The third-order valence-corrected chi connectivity index (χ3v) is 4.75. The first kappa shape index (κ1) is 20.7. The van der Waals surface area contributed by atoms with Crippen molar-refractivity contribution < 1.29 is 27.9 Å². The van der Waals surface area contributed by atoms with Gasteiger partial charge in [0.15, 0.2) is 11.9 Å². The molecule has 8 heteroatoms. The van der Waals surface area contributed by atoms with Gasteiger partial charge in [0.1, 0.15) is 17.3 Å². The van der Waals surface area contributed by atoms with Crippen LogP contribution < -0.4 is 5.32 Å². The molecular weight excluding hydrogens is 376 g/mol. The maximum atomic E-state index is 13.5. The Hall–Kier alpha value is -2.61. The lowest BCUT2D eigenvalue weighted by Crippen LogP contribution is -2.30. The smallest absolute Gasteiger partial charge is 0.307 e. The molecule has 1 heterocycles. The quantitative estimate of drug-likeness (QED) is 0.564. The van der Waals surface area contributed by atoms with E-state index in [2.05, 4.69) is 5.32 Å². The lowest BCUT2D eigenvalue weighted by atomic mass is 10.1. The molecule has 0 bridgehead atoms. The highest BCUT2D eigenvalue weighted by Gasteiger charge is 2.21. The number of benzene rings is 1. The number of hydrogen-bond acceptors (Lipinski definition) is 5. The third kappa shape index (κ3) is 5.43. The lowest BCUT2D eigenvalue weighted by molar-refractivity contribution is -0.153. The first-order chi connectivity index (χ1) is 12.7. The van der Waals surface area contributed by atoms with Crippen molar-refractivity contribution in [3.63, 3.8) is 0 Å². The number of Topliss-reactive ketones (excluding diaryl/α,β-unsaturated/α-hetero) is 1. The Morgan fingerprint density at radius 1 is 1.15 bits per heavy atom. The number of esters is 1. The second kappa shape index (κ2) is 8.85. The van der Waals surface area contributed by atoms with E-state index in [4.69, 9.17) is 4.74 Å². The Bertz CT molecular complexity index is 858. The molecular formula is C19H19F2NO4S. The van der Waals surface area contributed by atoms with Crippen LogP contribution in [0, 0.1) is 25.5 Å². The van der Waals surface area contributed by atoms with Crippen LogP contribution in [-0.4, -0.2) is 23.8 Å². The van der Waals surface area contributed by atoms with Crippen molar-refractivity contribution in [3.8, 4) is 0 Å². The monoisotopic (exact) mass is 395 g/mol. The topological polar surface area (TPSA) is 72.5 Å². The molecule has 0 radical (unpaired) electrons. The van der Waals surface area contributed by atoms with E-state index in [1.54, 1.807) is 6.07 Å². The highest BCUT2D eigenvalue weighted by atomic mass is 32.1. The molecule has 27 heavy (non-hydrogen) atoms. The van der Waals surface area contributed by atoms with Gasteiger partial charge in [-0.1, -0.05) is 6.07 Å². The van der Waals surface area contributed by atoms with Crippen LogP contribution in [0.2, 0.25) is 0 Å². The van der Waals surface area contributed by atoms with Crippen LogP contribution in [-0.2, 0) is 14.3 Å². The molecule has 2 aromatic rings. The summed E-state index contributed by atoms with van der Waals surface area (Å²) in [5.74, 6) is -3.67. The van der Waals surface area contributed by atoms with Gasteiger partial charge in [0.25, 0.3) is 5.91 Å². The number of ketones is 1. The number of halogens is 2. The van der Waals surface area contributed by atoms with Crippen molar-refractivity contribution in [1.82, 2.24) is 0 Å². The molecule has 1 aromatic carbocycles. The van der Waals surface area contributed by atoms with Crippen molar-refractivity contribution in [2.45, 2.75) is 39.7 Å². The fraction of sp³-hybridized carbons (Fsp3) is 0.316. The number of ether oxygens (including phenoxy) is 1. The molecule has 0 fully saturated rings. The number of aryl methyl sites for hydroxylation is 2. The molecule has 1 atom stereocenters. The summed E-state index contributed by atoms with van der Waals surface area (Å²) in [6.45, 7) is 5.00. The number of hydrogen-bond donors (Lipinski definition) is 1. The van der Waals surface area contributed by atoms with Gasteiger partial charge in [-0.15, -0.1) is 11.3 Å². The second-order valence-corrected chi connectivity index (χ2v) is 7.43. The van der Waals surface area contributed by atoms with E-state index in [0.717, 1.165) is 28.0 Å². The van der Waals surface area contributed by atoms with Crippen LogP contribution in [0.5, 0.6) is 0 Å². The van der Waals surface area contributed by atoms with Crippen LogP contribution in [0.25, 0.3) is 0 Å². The van der Waals surface area contributed by atoms with Crippen molar-refractivity contribution in [1.29, 1.82) is 0 Å². The fourth-order valence-corrected chi connectivity index (χ4v) is 3.35. The molecule has 0 saturated carbocycles. The SMILES string of the molecule is Cc1cc(C(=O)CCC(=O)O[C@@H](C)C(=O)Nc2c(F)cccc2F)c(C)s1. The number of para-hydroxylation sites is 1. The average molecular weight is 395 g/mol. The van der Waals surface area contributed by atoms with Crippen LogP contribution in [0.3, 0.4) is 0 Å². The molecule has 144 valence electrons. The zero-order valence-electron chi connectivity index (χ0n) is 15.1. The summed E-state index contributed by atoms with van der Waals surface area (Å²) in [5.41, 5.74) is -0.0324. The Morgan fingerprint density at radius 3 is 2.33 bits per heavy atom. The number of carbonyl (C=O) groups is 3. The Balaban J connectivity index is 1.87. The van der Waals surface area contributed by atoms with Crippen LogP contribution in [0.15, 0.2) is 24.3 Å². The summed E-state index contributed by atoms with van der Waals surface area (Å²) in [5, 5.41) is 2.05. The molecule has 0 aliphatic heterocycles. The molecule has 5 nitrogen and oxygen atoms in total. The molecule has 2 rings (SSSR count). The van der Waals surface area contributed by atoms with Crippen LogP contribution in [0.1, 0.15) is 39.9 Å². The normalized spacial score (nSPS) is 11.7. The van der Waals surface area contributed by atoms with E-state index in [1.807, 2.05) is 13.8 Å². The molecule has 1 aromatic heterocycles. The van der Waals surface area contributed by atoms with Crippen molar-refractivity contribution in [2.24, 2.45) is 0 Å². The third-order valence-electron chi connectivity index (χ3n) is 3.79. The Kier molecular flexibility index (Phi) is 6.79. The lowest BCUT2D eigenvalue weighted by Gasteiger charge is -2.14. The summed E-state index contributed by atoms with van der Waals surface area (Å²) in [7, 11) is 0. The van der Waals surface area contributed by atoms with Crippen molar-refractivity contribution >= 4 is 34.7 Å². The summed E-state index contributed by atoms with van der Waals surface area (Å²) in [6.07, 6.45) is -1.51. The van der Waals surface area contributed by atoms with E-state index in [0.29, 0.717) is 5.56 Å². The van der Waals surface area contributed by atoms with E-state index in [-0.39, 0.29) is 18.6 Å². The maximum Gasteiger partial charge on any atom is 0.307 e. The van der Waals surface area contributed by atoms with Gasteiger partial charge in [-0.05, 0) is 39.0 Å². The molecule has 0 aliphatic rings. The van der Waals surface area contributed by atoms with Gasteiger partial charge < -0.3 is 10.1 Å². The van der Waals surface area contributed by atoms with Crippen LogP contribution in [0.4, 0.5) is 14.5 Å². The van der Waals surface area contributed by atoms with Crippen LogP contribution >= 0.6 is 11.3 Å². The molecule has 0 saturated heterocycles. The number of carbonyl (C=O) groups excluding carboxylic acids is 3. The Morgan fingerprint density at radius 2 is 1.78 bits per heavy atom. The van der Waals surface area contributed by atoms with E-state index < -0.39 is 35.3 Å². The Labute approximate surface area is 159 Å². The zero-order valence-corrected chi connectivity index (χ0v) is 15.9. The zero-order chi connectivity index (χ0) is 20.1. The number of thiophene rings is 1. The minimum absolute atomic E-state index is 0.0495. The van der Waals surface area contributed by atoms with E-state index in [1.165, 1.54) is 18.3 Å². The summed E-state index contributed by atoms with van der Waals surface area (Å²) in [4.78, 5) is 37.9. The molecule has 0 aliphatic carbocycles. The fourth-order valence-electron chi connectivity index (χ4n) is 2.41. The van der Waals surface area contributed by atoms with Gasteiger partial charge in [0.05, 0.1) is 6.42 Å². The molecule has 0 spiro atoms. The highest BCUT2D eigenvalue weighted by molar-refractivity contribution is 7.12. The minimum Gasteiger partial charge on any atom is -0.453 e. The summed E-state index contributed by atoms with van der Waals surface area (Å²) >= 11 is 1.50. The van der Waals surface area contributed by atoms with E-state index >= 15 is 0 Å². The van der Waals surface area contributed by atoms with Gasteiger partial charge in [-0.2, -0.15) is 0 Å². The predicted molar refractivity (Wildman–Crippen MR) is 97.9 cm³/mol. The first-order valence-electron chi connectivity index (χ1n) is 8.23. The predicted octanol–water partition coefficient (Wildman–Crippen LogP) is 4.18. The highest BCUT2D eigenvalue weighted by Crippen LogP contribution is 2.22. The molecule has 1 N–H and O–H groups in total. The van der Waals surface area contributed by atoms with Gasteiger partial charge in [-0.25, -0.2) is 8.78 Å². The number of rotatable bonds is 7. The average Bonchev–Trinajstić information content (AvgIpc) is 2.94. The standard InChI is InChI=1S/C19H19F2NO4S/c1-10-9-13(12(3)27-10)16(23)7-8-17(24)26-11(2)19(25)22-18-14(20)5-4-6-15(18)21/h4-6,9,11H,7-8H2,1-3H3,(H,22,25)/t11-/m0/s1.